The average Bonchev–Trinajstić information content (AvgIpc) is 3.33. The van der Waals surface area contributed by atoms with Crippen LogP contribution in [-0.4, -0.2) is 40.3 Å². The van der Waals surface area contributed by atoms with E-state index >= 15 is 0 Å². The largest absolute Gasteiger partial charge is 0.379 e. The average molecular weight is 350 g/mol. The maximum atomic E-state index is 12.3. The summed E-state index contributed by atoms with van der Waals surface area (Å²) in [6.45, 7) is 1.24. The van der Waals surface area contributed by atoms with Crippen LogP contribution < -0.4 is 5.32 Å². The van der Waals surface area contributed by atoms with Gasteiger partial charge in [-0.3, -0.25) is 14.9 Å². The number of carbonyl (C=O) groups excluding carboxylic acids is 1. The van der Waals surface area contributed by atoms with Crippen LogP contribution in [0.25, 0.3) is 10.9 Å². The van der Waals surface area contributed by atoms with Gasteiger partial charge in [0.15, 0.2) is 0 Å². The van der Waals surface area contributed by atoms with Gasteiger partial charge in [-0.2, -0.15) is 5.10 Å². The number of aromatic amines is 1. The first kappa shape index (κ1) is 16.7. The maximum absolute atomic E-state index is 12.3. The summed E-state index contributed by atoms with van der Waals surface area (Å²) in [6, 6.07) is 10.3. The minimum absolute atomic E-state index is 0.0544. The molecule has 4 rings (SSSR count). The molecule has 0 radical (unpaired) electrons. The molecule has 2 unspecified atom stereocenters. The van der Waals surface area contributed by atoms with Gasteiger partial charge in [0, 0.05) is 30.1 Å². The molecular weight excluding hydrogens is 328 g/mol. The summed E-state index contributed by atoms with van der Waals surface area (Å²) in [6.07, 6.45) is 7.45. The van der Waals surface area contributed by atoms with Crippen molar-refractivity contribution < 1.29 is 9.53 Å². The highest BCUT2D eigenvalue weighted by molar-refractivity contribution is 5.82. The van der Waals surface area contributed by atoms with Crippen molar-refractivity contribution in [2.24, 2.45) is 5.92 Å². The van der Waals surface area contributed by atoms with Crippen LogP contribution in [-0.2, 0) is 22.4 Å². The number of benzene rings is 1. The summed E-state index contributed by atoms with van der Waals surface area (Å²) < 4.78 is 5.66. The third kappa shape index (κ3) is 3.75. The summed E-state index contributed by atoms with van der Waals surface area (Å²) in [5.74, 6) is 0.338. The van der Waals surface area contributed by atoms with Crippen molar-refractivity contribution in [2.45, 2.75) is 25.3 Å². The fraction of sp³-hybridized carbons (Fsp3) is 0.350. The number of amides is 1. The molecular formula is C20H22N4O2. The molecule has 0 saturated carbocycles. The number of H-pyrrole nitrogens is 1. The van der Waals surface area contributed by atoms with E-state index in [0.717, 1.165) is 17.5 Å². The summed E-state index contributed by atoms with van der Waals surface area (Å²) in [5.41, 5.74) is 3.30. The van der Waals surface area contributed by atoms with Crippen LogP contribution in [0.5, 0.6) is 0 Å². The highest BCUT2D eigenvalue weighted by Crippen LogP contribution is 2.24. The van der Waals surface area contributed by atoms with Gasteiger partial charge in [-0.1, -0.05) is 18.2 Å². The monoisotopic (exact) mass is 350 g/mol. The number of nitrogens with zero attached hydrogens (tertiary/aromatic N) is 2. The van der Waals surface area contributed by atoms with Crippen LogP contribution in [0.3, 0.4) is 0 Å². The normalized spacial score (nSPS) is 19.7. The predicted octanol–water partition coefficient (Wildman–Crippen LogP) is 2.26. The molecule has 6 heteroatoms. The highest BCUT2D eigenvalue weighted by Gasteiger charge is 2.30. The Balaban J connectivity index is 1.39. The van der Waals surface area contributed by atoms with Crippen LogP contribution in [0.4, 0.5) is 0 Å². The summed E-state index contributed by atoms with van der Waals surface area (Å²) in [5, 5.41) is 11.0. The zero-order chi connectivity index (χ0) is 17.8. The van der Waals surface area contributed by atoms with Crippen molar-refractivity contribution in [1.29, 1.82) is 0 Å². The second kappa shape index (κ2) is 7.66. The Morgan fingerprint density at radius 3 is 3.08 bits per heavy atom. The molecule has 3 aromatic rings. The third-order valence-electron chi connectivity index (χ3n) is 4.96. The van der Waals surface area contributed by atoms with Crippen LogP contribution in [0, 0.1) is 5.92 Å². The lowest BCUT2D eigenvalue weighted by Crippen LogP contribution is -2.40. The standard InChI is InChI=1S/C20H22N4O2/c25-20(6-5-14-10-22-23-11-14)24-19-13-26-12-16(19)9-15-7-8-21-18-4-2-1-3-17(15)18/h1-4,7-8,10-11,16,19H,5-6,9,12-13H2,(H,22,23)(H,24,25). The van der Waals surface area contributed by atoms with Gasteiger partial charge >= 0.3 is 0 Å². The molecule has 2 aromatic heterocycles. The number of fused-ring (bicyclic) bond motifs is 1. The molecule has 2 atom stereocenters. The fourth-order valence-electron chi connectivity index (χ4n) is 3.53. The van der Waals surface area contributed by atoms with Crippen LogP contribution in [0.1, 0.15) is 17.5 Å². The first-order chi connectivity index (χ1) is 12.8. The summed E-state index contributed by atoms with van der Waals surface area (Å²) in [4.78, 5) is 16.7. The number of pyridine rings is 1. The van der Waals surface area contributed by atoms with Gasteiger partial charge in [0.1, 0.15) is 0 Å². The molecule has 2 N–H and O–H groups in total. The second-order valence-corrected chi connectivity index (χ2v) is 6.77. The van der Waals surface area contributed by atoms with E-state index in [2.05, 4.69) is 32.6 Å². The van der Waals surface area contributed by atoms with Crippen LogP contribution >= 0.6 is 0 Å². The minimum atomic E-state index is 0.0544. The Labute approximate surface area is 152 Å². The number of hydrogen-bond acceptors (Lipinski definition) is 4. The Hall–Kier alpha value is -2.73. The van der Waals surface area contributed by atoms with Gasteiger partial charge in [0.25, 0.3) is 0 Å². The smallest absolute Gasteiger partial charge is 0.220 e. The maximum Gasteiger partial charge on any atom is 0.220 e. The molecule has 1 amide bonds. The topological polar surface area (TPSA) is 79.9 Å². The van der Waals surface area contributed by atoms with Crippen molar-refractivity contribution in [2.75, 3.05) is 13.2 Å². The lowest BCUT2D eigenvalue weighted by molar-refractivity contribution is -0.122. The SMILES string of the molecule is O=C(CCc1cn[nH]c1)NC1COCC1Cc1ccnc2ccccc12. The number of rotatable bonds is 6. The molecule has 26 heavy (non-hydrogen) atoms. The van der Waals surface area contributed by atoms with Crippen LogP contribution in [0.2, 0.25) is 0 Å². The zero-order valence-corrected chi connectivity index (χ0v) is 14.5. The number of aryl methyl sites for hydroxylation is 1. The Morgan fingerprint density at radius 1 is 1.27 bits per heavy atom. The number of para-hydroxylation sites is 1. The second-order valence-electron chi connectivity index (χ2n) is 6.77. The van der Waals surface area contributed by atoms with E-state index in [1.165, 1.54) is 10.9 Å². The van der Waals surface area contributed by atoms with E-state index in [9.17, 15) is 4.79 Å². The van der Waals surface area contributed by atoms with Gasteiger partial charge in [0.2, 0.25) is 5.91 Å². The van der Waals surface area contributed by atoms with E-state index in [4.69, 9.17) is 4.74 Å². The molecule has 0 bridgehead atoms. The lowest BCUT2D eigenvalue weighted by atomic mass is 9.93. The number of nitrogens with one attached hydrogen (secondary N) is 2. The molecule has 1 saturated heterocycles. The minimum Gasteiger partial charge on any atom is -0.379 e. The molecule has 6 nitrogen and oxygen atoms in total. The van der Waals surface area contributed by atoms with Gasteiger partial charge in [-0.15, -0.1) is 0 Å². The van der Waals surface area contributed by atoms with E-state index in [1.807, 2.05) is 30.6 Å². The summed E-state index contributed by atoms with van der Waals surface area (Å²) in [7, 11) is 0. The quantitative estimate of drug-likeness (QED) is 0.715. The fourth-order valence-corrected chi connectivity index (χ4v) is 3.53. The molecule has 3 heterocycles. The van der Waals surface area contributed by atoms with E-state index < -0.39 is 0 Å². The molecule has 0 spiro atoms. The number of carbonyl (C=O) groups is 1. The Kier molecular flexibility index (Phi) is 4.93. The molecule has 1 aliphatic heterocycles. The molecule has 134 valence electrons. The van der Waals surface area contributed by atoms with Gasteiger partial charge in [0.05, 0.1) is 31.0 Å². The Morgan fingerprint density at radius 2 is 2.19 bits per heavy atom. The zero-order valence-electron chi connectivity index (χ0n) is 14.5. The lowest BCUT2D eigenvalue weighted by Gasteiger charge is -2.20. The number of aromatic nitrogens is 3. The van der Waals surface area contributed by atoms with Crippen molar-refractivity contribution in [3.63, 3.8) is 0 Å². The van der Waals surface area contributed by atoms with Crippen molar-refractivity contribution in [3.05, 3.63) is 60.0 Å². The highest BCUT2D eigenvalue weighted by atomic mass is 16.5. The van der Waals surface area contributed by atoms with Crippen molar-refractivity contribution in [1.82, 2.24) is 20.5 Å². The van der Waals surface area contributed by atoms with Crippen molar-refractivity contribution >= 4 is 16.8 Å². The first-order valence-corrected chi connectivity index (χ1v) is 8.97. The van der Waals surface area contributed by atoms with Gasteiger partial charge in [-0.05, 0) is 36.1 Å². The van der Waals surface area contributed by atoms with Crippen molar-refractivity contribution in [3.8, 4) is 0 Å². The van der Waals surface area contributed by atoms with E-state index in [-0.39, 0.29) is 17.9 Å². The third-order valence-corrected chi connectivity index (χ3v) is 4.96. The molecule has 0 aliphatic carbocycles. The molecule has 1 aromatic carbocycles. The van der Waals surface area contributed by atoms with Gasteiger partial charge in [-0.25, -0.2) is 0 Å². The number of ether oxygens (including phenoxy) is 1. The predicted molar refractivity (Wildman–Crippen MR) is 98.6 cm³/mol. The van der Waals surface area contributed by atoms with Gasteiger partial charge < -0.3 is 10.1 Å². The molecule has 1 aliphatic rings. The van der Waals surface area contributed by atoms with E-state index in [0.29, 0.717) is 26.1 Å². The first-order valence-electron chi connectivity index (χ1n) is 8.97. The number of hydrogen-bond donors (Lipinski definition) is 2. The van der Waals surface area contributed by atoms with E-state index in [1.54, 1.807) is 6.20 Å². The molecule has 1 fully saturated rings. The Bertz CT molecular complexity index is 873. The summed E-state index contributed by atoms with van der Waals surface area (Å²) >= 11 is 0. The van der Waals surface area contributed by atoms with Crippen LogP contribution in [0.15, 0.2) is 48.9 Å².